The quantitative estimate of drug-likeness (QED) is 0.437. The number of hydrogen-bond acceptors (Lipinski definition) is 6. The minimum atomic E-state index is -4.45. The molecular weight excluding hydrogens is 539 g/mol. The van der Waals surface area contributed by atoms with Gasteiger partial charge >= 0.3 is 6.18 Å². The van der Waals surface area contributed by atoms with E-state index in [4.69, 9.17) is 0 Å². The summed E-state index contributed by atoms with van der Waals surface area (Å²) in [7, 11) is 0. The summed E-state index contributed by atoms with van der Waals surface area (Å²) in [6.45, 7) is 2.91. The van der Waals surface area contributed by atoms with E-state index in [1.807, 2.05) is 4.90 Å². The maximum atomic E-state index is 13.8. The SMILES string of the molecule is CC(=O)N1CCC(N2CC(n3cc(NC(=O)c4cccc(-c5cnn(CC(F)(F)F)c5)n4)c(C(F)F)n3)C2)CC1. The van der Waals surface area contributed by atoms with Gasteiger partial charge in [-0.2, -0.15) is 23.4 Å². The van der Waals surface area contributed by atoms with Crippen LogP contribution in [0.3, 0.4) is 0 Å². The number of piperidine rings is 1. The topological polar surface area (TPSA) is 101 Å². The number of nitrogens with zero attached hydrogens (tertiary/aromatic N) is 7. The minimum Gasteiger partial charge on any atom is -0.343 e. The van der Waals surface area contributed by atoms with E-state index in [0.29, 0.717) is 36.9 Å². The van der Waals surface area contributed by atoms with Gasteiger partial charge in [0.1, 0.15) is 12.2 Å². The number of anilines is 1. The van der Waals surface area contributed by atoms with Crippen LogP contribution < -0.4 is 5.32 Å². The summed E-state index contributed by atoms with van der Waals surface area (Å²) in [5.74, 6) is -0.706. The van der Waals surface area contributed by atoms with Crippen LogP contribution in [0.25, 0.3) is 11.3 Å². The number of carbonyl (C=O) groups excluding carboxylic acids is 2. The minimum absolute atomic E-state index is 0.0598. The molecule has 0 atom stereocenters. The fourth-order valence-electron chi connectivity index (χ4n) is 5.02. The van der Waals surface area contributed by atoms with E-state index in [0.717, 1.165) is 19.0 Å². The molecule has 3 aromatic rings. The zero-order chi connectivity index (χ0) is 28.6. The van der Waals surface area contributed by atoms with Gasteiger partial charge in [-0.25, -0.2) is 13.8 Å². The first-order chi connectivity index (χ1) is 19.0. The molecule has 2 aliphatic rings. The molecule has 5 heterocycles. The average molecular weight is 567 g/mol. The number of aromatic nitrogens is 5. The standard InChI is InChI=1S/C25H27F5N8O2/c1-15(39)35-7-5-17(6-8-35)36-11-18(12-36)38-13-21(22(34-38)23(26)27)33-24(40)20-4-2-3-19(32-20)16-9-31-37(10-16)14-25(28,29)30/h2-4,9-10,13,17-18,23H,5-8,11-12,14H2,1H3,(H,33,40). The average Bonchev–Trinajstić information content (AvgIpc) is 3.50. The Balaban J connectivity index is 1.24. The van der Waals surface area contributed by atoms with E-state index in [9.17, 15) is 31.5 Å². The lowest BCUT2D eigenvalue weighted by Crippen LogP contribution is -2.56. The van der Waals surface area contributed by atoms with Gasteiger partial charge < -0.3 is 10.2 Å². The van der Waals surface area contributed by atoms with Crippen LogP contribution in [0.5, 0.6) is 0 Å². The second-order valence-corrected chi connectivity index (χ2v) is 9.96. The number of nitrogens with one attached hydrogen (secondary N) is 1. The fraction of sp³-hybridized carbons (Fsp3) is 0.480. The van der Waals surface area contributed by atoms with Crippen LogP contribution in [0.4, 0.5) is 27.6 Å². The summed E-state index contributed by atoms with van der Waals surface area (Å²) in [6.07, 6.45) is -1.94. The van der Waals surface area contributed by atoms with Crippen LogP contribution in [-0.4, -0.2) is 84.6 Å². The molecule has 0 spiro atoms. The molecular formula is C25H27F5N8O2. The van der Waals surface area contributed by atoms with Crippen LogP contribution >= 0.6 is 0 Å². The largest absolute Gasteiger partial charge is 0.408 e. The Bertz CT molecular complexity index is 1370. The Labute approximate surface area is 225 Å². The lowest BCUT2D eigenvalue weighted by atomic mass is 9.97. The number of halogens is 5. The molecule has 214 valence electrons. The Kier molecular flexibility index (Phi) is 7.57. The van der Waals surface area contributed by atoms with Crippen LogP contribution in [0.15, 0.2) is 36.8 Å². The molecule has 2 amide bonds. The summed E-state index contributed by atoms with van der Waals surface area (Å²) in [5, 5.41) is 10.2. The van der Waals surface area contributed by atoms with Crippen molar-refractivity contribution in [3.63, 3.8) is 0 Å². The van der Waals surface area contributed by atoms with Gasteiger partial charge in [0.05, 0.1) is 23.6 Å². The second kappa shape index (κ2) is 10.9. The van der Waals surface area contributed by atoms with Crippen molar-refractivity contribution in [1.29, 1.82) is 0 Å². The van der Waals surface area contributed by atoms with Crippen molar-refractivity contribution >= 4 is 17.5 Å². The third-order valence-corrected chi connectivity index (χ3v) is 7.16. The van der Waals surface area contributed by atoms with E-state index in [1.165, 1.54) is 35.3 Å². The Morgan fingerprint density at radius 1 is 1.10 bits per heavy atom. The molecule has 2 fully saturated rings. The van der Waals surface area contributed by atoms with E-state index in [1.54, 1.807) is 6.92 Å². The normalized spacial score (nSPS) is 17.3. The maximum Gasteiger partial charge on any atom is 0.408 e. The summed E-state index contributed by atoms with van der Waals surface area (Å²) in [4.78, 5) is 32.7. The van der Waals surface area contributed by atoms with Gasteiger partial charge in [0.2, 0.25) is 5.91 Å². The summed E-state index contributed by atoms with van der Waals surface area (Å²) in [5.41, 5.74) is -0.346. The van der Waals surface area contributed by atoms with Crippen LogP contribution in [0.2, 0.25) is 0 Å². The second-order valence-electron chi connectivity index (χ2n) is 9.96. The Morgan fingerprint density at radius 3 is 2.48 bits per heavy atom. The summed E-state index contributed by atoms with van der Waals surface area (Å²) < 4.78 is 67.6. The van der Waals surface area contributed by atoms with E-state index in [-0.39, 0.29) is 34.6 Å². The first kappa shape index (κ1) is 27.7. The molecule has 10 nitrogen and oxygen atoms in total. The van der Waals surface area contributed by atoms with E-state index < -0.39 is 30.7 Å². The lowest BCUT2D eigenvalue weighted by molar-refractivity contribution is -0.142. The molecule has 0 bridgehead atoms. The van der Waals surface area contributed by atoms with Crippen molar-refractivity contribution in [1.82, 2.24) is 34.3 Å². The van der Waals surface area contributed by atoms with E-state index in [2.05, 4.69) is 25.4 Å². The first-order valence-electron chi connectivity index (χ1n) is 12.7. The molecule has 0 saturated carbocycles. The van der Waals surface area contributed by atoms with Gasteiger partial charge in [-0.3, -0.25) is 23.9 Å². The smallest absolute Gasteiger partial charge is 0.343 e. The van der Waals surface area contributed by atoms with Crippen molar-refractivity contribution in [3.05, 3.63) is 48.2 Å². The Morgan fingerprint density at radius 2 is 1.82 bits per heavy atom. The highest BCUT2D eigenvalue weighted by Crippen LogP contribution is 2.32. The van der Waals surface area contributed by atoms with Gasteiger partial charge in [-0.05, 0) is 25.0 Å². The van der Waals surface area contributed by atoms with Gasteiger partial charge in [-0.15, -0.1) is 0 Å². The maximum absolute atomic E-state index is 13.8. The summed E-state index contributed by atoms with van der Waals surface area (Å²) in [6, 6.07) is 4.53. The molecule has 15 heteroatoms. The molecule has 0 aromatic carbocycles. The molecule has 2 aliphatic heterocycles. The van der Waals surface area contributed by atoms with Gasteiger partial charge in [0.15, 0.2) is 5.69 Å². The van der Waals surface area contributed by atoms with Crippen LogP contribution in [0.1, 0.15) is 48.4 Å². The third kappa shape index (κ3) is 6.13. The fourth-order valence-corrected chi connectivity index (χ4v) is 5.02. The number of hydrogen-bond donors (Lipinski definition) is 1. The number of alkyl halides is 5. The molecule has 0 unspecified atom stereocenters. The number of likely N-dealkylation sites (tertiary alicyclic amines) is 2. The molecule has 2 saturated heterocycles. The van der Waals surface area contributed by atoms with Gasteiger partial charge in [0, 0.05) is 57.1 Å². The highest BCUT2D eigenvalue weighted by atomic mass is 19.4. The van der Waals surface area contributed by atoms with Crippen LogP contribution in [0, 0.1) is 0 Å². The van der Waals surface area contributed by atoms with Crippen LogP contribution in [-0.2, 0) is 11.3 Å². The highest BCUT2D eigenvalue weighted by Gasteiger charge is 2.37. The van der Waals surface area contributed by atoms with E-state index >= 15 is 0 Å². The molecule has 0 radical (unpaired) electrons. The molecule has 40 heavy (non-hydrogen) atoms. The van der Waals surface area contributed by atoms with Crippen molar-refractivity contribution < 1.29 is 31.5 Å². The van der Waals surface area contributed by atoms with Gasteiger partial charge in [0.25, 0.3) is 12.3 Å². The first-order valence-corrected chi connectivity index (χ1v) is 12.7. The lowest BCUT2D eigenvalue weighted by Gasteiger charge is -2.47. The summed E-state index contributed by atoms with van der Waals surface area (Å²) >= 11 is 0. The molecule has 3 aromatic heterocycles. The van der Waals surface area contributed by atoms with Crippen molar-refractivity contribution in [2.24, 2.45) is 0 Å². The number of amides is 2. The molecule has 0 aliphatic carbocycles. The predicted octanol–water partition coefficient (Wildman–Crippen LogP) is 3.76. The predicted molar refractivity (Wildman–Crippen MR) is 133 cm³/mol. The molecule has 5 rings (SSSR count). The van der Waals surface area contributed by atoms with Crippen molar-refractivity contribution in [3.8, 4) is 11.3 Å². The third-order valence-electron chi connectivity index (χ3n) is 7.16. The van der Waals surface area contributed by atoms with Crippen molar-refractivity contribution in [2.75, 3.05) is 31.5 Å². The zero-order valence-corrected chi connectivity index (χ0v) is 21.5. The van der Waals surface area contributed by atoms with Crippen molar-refractivity contribution in [2.45, 2.75) is 51.0 Å². The number of pyridine rings is 1. The zero-order valence-electron chi connectivity index (χ0n) is 21.5. The number of rotatable bonds is 7. The Hall–Kier alpha value is -3.88. The molecule has 1 N–H and O–H groups in total. The van der Waals surface area contributed by atoms with Gasteiger partial charge in [-0.1, -0.05) is 6.07 Å². The number of carbonyl (C=O) groups is 2. The monoisotopic (exact) mass is 566 g/mol. The highest BCUT2D eigenvalue weighted by molar-refractivity contribution is 6.03.